The SMILES string of the molecule is CCCCN1C(=O)c2cc(C(=O)Nc3ccc(Cl)cc3C)nn2C[C@@]1(C)C(=O)NC1CCCC1. The third-order valence-electron chi connectivity index (χ3n) is 6.88. The van der Waals surface area contributed by atoms with Crippen LogP contribution >= 0.6 is 11.6 Å². The van der Waals surface area contributed by atoms with Gasteiger partial charge in [-0.05, 0) is 56.9 Å². The average Bonchev–Trinajstić information content (AvgIpc) is 3.45. The molecule has 1 aromatic carbocycles. The molecule has 8 nitrogen and oxygen atoms in total. The number of hydrogen-bond donors (Lipinski definition) is 2. The molecule has 0 unspecified atom stereocenters. The normalized spacial score (nSPS) is 20.4. The molecule has 9 heteroatoms. The number of unbranched alkanes of at least 4 members (excludes halogenated alkanes) is 1. The van der Waals surface area contributed by atoms with Gasteiger partial charge in [-0.1, -0.05) is 37.8 Å². The lowest BCUT2D eigenvalue weighted by molar-refractivity contribution is -0.133. The number of anilines is 1. The van der Waals surface area contributed by atoms with E-state index in [2.05, 4.69) is 22.7 Å². The van der Waals surface area contributed by atoms with E-state index in [4.69, 9.17) is 11.6 Å². The molecule has 2 aromatic rings. The van der Waals surface area contributed by atoms with Crippen LogP contribution in [0.5, 0.6) is 0 Å². The van der Waals surface area contributed by atoms with Gasteiger partial charge in [0, 0.05) is 29.4 Å². The third-order valence-corrected chi connectivity index (χ3v) is 7.12. The van der Waals surface area contributed by atoms with Crippen molar-refractivity contribution in [3.8, 4) is 0 Å². The van der Waals surface area contributed by atoms with Gasteiger partial charge in [-0.3, -0.25) is 19.1 Å². The van der Waals surface area contributed by atoms with Crippen molar-refractivity contribution in [2.45, 2.75) is 77.4 Å². The van der Waals surface area contributed by atoms with E-state index in [-0.39, 0.29) is 30.1 Å². The number of halogens is 1. The lowest BCUT2D eigenvalue weighted by atomic mass is 9.94. The maximum atomic E-state index is 13.5. The van der Waals surface area contributed by atoms with Crippen LogP contribution in [-0.2, 0) is 11.3 Å². The summed E-state index contributed by atoms with van der Waals surface area (Å²) in [6, 6.07) is 6.85. The van der Waals surface area contributed by atoms with Gasteiger partial charge < -0.3 is 15.5 Å². The number of aryl methyl sites for hydroxylation is 1. The summed E-state index contributed by atoms with van der Waals surface area (Å²) in [5.41, 5.74) is 0.822. The summed E-state index contributed by atoms with van der Waals surface area (Å²) in [6.45, 7) is 6.37. The van der Waals surface area contributed by atoms with Crippen LogP contribution in [0.15, 0.2) is 24.3 Å². The molecule has 0 saturated heterocycles. The highest BCUT2D eigenvalue weighted by Crippen LogP contribution is 2.29. The van der Waals surface area contributed by atoms with Crippen LogP contribution < -0.4 is 10.6 Å². The molecular weight excluding hydrogens is 454 g/mol. The molecule has 2 heterocycles. The minimum absolute atomic E-state index is 0.133. The van der Waals surface area contributed by atoms with E-state index in [1.54, 1.807) is 30.0 Å². The van der Waals surface area contributed by atoms with Crippen LogP contribution in [0.4, 0.5) is 5.69 Å². The fraction of sp³-hybridized carbons (Fsp3) is 0.520. The van der Waals surface area contributed by atoms with Gasteiger partial charge in [0.25, 0.3) is 11.8 Å². The second kappa shape index (κ2) is 9.78. The van der Waals surface area contributed by atoms with Gasteiger partial charge >= 0.3 is 0 Å². The summed E-state index contributed by atoms with van der Waals surface area (Å²) in [6.07, 6.45) is 5.83. The van der Waals surface area contributed by atoms with Gasteiger partial charge in [-0.2, -0.15) is 5.10 Å². The Hall–Kier alpha value is -2.87. The second-order valence-electron chi connectivity index (χ2n) is 9.52. The van der Waals surface area contributed by atoms with Crippen molar-refractivity contribution in [3.05, 3.63) is 46.2 Å². The fourth-order valence-electron chi connectivity index (χ4n) is 4.78. The fourth-order valence-corrected chi connectivity index (χ4v) is 5.01. The summed E-state index contributed by atoms with van der Waals surface area (Å²) in [7, 11) is 0. The van der Waals surface area contributed by atoms with Crippen molar-refractivity contribution < 1.29 is 14.4 Å². The van der Waals surface area contributed by atoms with Gasteiger partial charge in [0.05, 0.1) is 6.54 Å². The molecule has 1 aliphatic carbocycles. The third kappa shape index (κ3) is 4.69. The number of nitrogens with zero attached hydrogens (tertiary/aromatic N) is 3. The van der Waals surface area contributed by atoms with Crippen LogP contribution in [0.3, 0.4) is 0 Å². The largest absolute Gasteiger partial charge is 0.351 e. The summed E-state index contributed by atoms with van der Waals surface area (Å²) >= 11 is 6.01. The minimum Gasteiger partial charge on any atom is -0.351 e. The van der Waals surface area contributed by atoms with Gasteiger partial charge in [0.15, 0.2) is 5.69 Å². The molecule has 0 spiro atoms. The first kappa shape index (κ1) is 24.3. The summed E-state index contributed by atoms with van der Waals surface area (Å²) in [5.74, 6) is -0.858. The van der Waals surface area contributed by atoms with Gasteiger partial charge in [0.1, 0.15) is 11.2 Å². The van der Waals surface area contributed by atoms with Gasteiger partial charge in [-0.25, -0.2) is 0 Å². The standard InChI is InChI=1S/C25H32ClN5O3/c1-4-5-12-30-23(33)21-14-20(22(32)28-19-11-10-17(26)13-16(19)2)29-31(21)15-25(30,3)24(34)27-18-8-6-7-9-18/h10-11,13-14,18H,4-9,12,15H2,1-3H3,(H,27,34)(H,28,32)/t25-/m0/s1. The molecule has 182 valence electrons. The number of benzene rings is 1. The highest BCUT2D eigenvalue weighted by atomic mass is 35.5. The zero-order chi connectivity index (χ0) is 24.5. The molecule has 1 aromatic heterocycles. The van der Waals surface area contributed by atoms with E-state index in [0.717, 1.165) is 44.1 Å². The van der Waals surface area contributed by atoms with E-state index < -0.39 is 11.4 Å². The molecule has 4 rings (SSSR count). The van der Waals surface area contributed by atoms with Crippen molar-refractivity contribution in [2.75, 3.05) is 11.9 Å². The van der Waals surface area contributed by atoms with Crippen LogP contribution in [-0.4, -0.2) is 50.5 Å². The Morgan fingerprint density at radius 2 is 1.97 bits per heavy atom. The summed E-state index contributed by atoms with van der Waals surface area (Å²) in [4.78, 5) is 41.5. The number of fused-ring (bicyclic) bond motifs is 1. The Kier molecular flexibility index (Phi) is 6.98. The average molecular weight is 486 g/mol. The lowest BCUT2D eigenvalue weighted by Crippen LogP contribution is -2.65. The van der Waals surface area contributed by atoms with E-state index >= 15 is 0 Å². The van der Waals surface area contributed by atoms with E-state index in [0.29, 0.717) is 22.9 Å². The van der Waals surface area contributed by atoms with Crippen molar-refractivity contribution in [1.29, 1.82) is 0 Å². The number of hydrogen-bond acceptors (Lipinski definition) is 4. The van der Waals surface area contributed by atoms with E-state index in [1.165, 1.54) is 10.7 Å². The molecule has 0 radical (unpaired) electrons. The molecule has 2 aliphatic rings. The van der Waals surface area contributed by atoms with Crippen molar-refractivity contribution in [1.82, 2.24) is 20.0 Å². The maximum Gasteiger partial charge on any atom is 0.276 e. The number of carbonyl (C=O) groups is 3. The summed E-state index contributed by atoms with van der Waals surface area (Å²) < 4.78 is 1.50. The molecule has 2 N–H and O–H groups in total. The van der Waals surface area contributed by atoms with Gasteiger partial charge in [0.2, 0.25) is 5.91 Å². The number of rotatable bonds is 7. The highest BCUT2D eigenvalue weighted by molar-refractivity contribution is 6.30. The molecule has 1 fully saturated rings. The highest BCUT2D eigenvalue weighted by Gasteiger charge is 2.48. The smallest absolute Gasteiger partial charge is 0.276 e. The van der Waals surface area contributed by atoms with Crippen LogP contribution in [0.25, 0.3) is 0 Å². The van der Waals surface area contributed by atoms with Crippen molar-refractivity contribution >= 4 is 35.0 Å². The topological polar surface area (TPSA) is 96.3 Å². The minimum atomic E-state index is -1.08. The maximum absolute atomic E-state index is 13.5. The zero-order valence-corrected chi connectivity index (χ0v) is 20.7. The van der Waals surface area contributed by atoms with Crippen LogP contribution in [0.2, 0.25) is 5.02 Å². The molecule has 1 saturated carbocycles. The predicted octanol–water partition coefficient (Wildman–Crippen LogP) is 4.17. The van der Waals surface area contributed by atoms with E-state index in [9.17, 15) is 14.4 Å². The molecule has 0 bridgehead atoms. The quantitative estimate of drug-likeness (QED) is 0.615. The Morgan fingerprint density at radius 1 is 1.24 bits per heavy atom. The number of nitrogens with one attached hydrogen (secondary N) is 2. The van der Waals surface area contributed by atoms with Gasteiger partial charge in [-0.15, -0.1) is 0 Å². The van der Waals surface area contributed by atoms with Crippen molar-refractivity contribution in [2.24, 2.45) is 0 Å². The van der Waals surface area contributed by atoms with Crippen molar-refractivity contribution in [3.63, 3.8) is 0 Å². The molecule has 1 atom stereocenters. The number of amides is 3. The van der Waals surface area contributed by atoms with Crippen LogP contribution in [0, 0.1) is 6.92 Å². The second-order valence-corrected chi connectivity index (χ2v) is 9.96. The first-order valence-corrected chi connectivity index (χ1v) is 12.4. The lowest BCUT2D eigenvalue weighted by Gasteiger charge is -2.43. The Labute approximate surface area is 205 Å². The summed E-state index contributed by atoms with van der Waals surface area (Å²) in [5, 5.41) is 11.0. The zero-order valence-electron chi connectivity index (χ0n) is 20.0. The monoisotopic (exact) mass is 485 g/mol. The molecular formula is C25H32ClN5O3. The Balaban J connectivity index is 1.60. The number of aromatic nitrogens is 2. The first-order valence-electron chi connectivity index (χ1n) is 12.0. The first-order chi connectivity index (χ1) is 16.2. The van der Waals surface area contributed by atoms with Crippen LogP contribution in [0.1, 0.15) is 78.9 Å². The molecule has 3 amide bonds. The predicted molar refractivity (Wildman–Crippen MR) is 131 cm³/mol. The molecule has 34 heavy (non-hydrogen) atoms. The van der Waals surface area contributed by atoms with E-state index in [1.807, 2.05) is 6.92 Å². The Morgan fingerprint density at radius 3 is 2.65 bits per heavy atom. The number of carbonyl (C=O) groups excluding carboxylic acids is 3. The Bertz CT molecular complexity index is 1110. The molecule has 1 aliphatic heterocycles.